The van der Waals surface area contributed by atoms with Crippen molar-refractivity contribution in [3.8, 4) is 17.3 Å². The molecule has 0 spiro atoms. The molecule has 1 N–H and O–H groups in total. The molecule has 2 heterocycles. The number of rotatable bonds is 8. The Labute approximate surface area is 191 Å². The van der Waals surface area contributed by atoms with Gasteiger partial charge in [0.1, 0.15) is 5.82 Å². The summed E-state index contributed by atoms with van der Waals surface area (Å²) in [6, 6.07) is 10.8. The quantitative estimate of drug-likeness (QED) is 0.531. The van der Waals surface area contributed by atoms with Crippen LogP contribution in [0, 0.1) is 25.5 Å². The maximum absolute atomic E-state index is 14.4. The van der Waals surface area contributed by atoms with Gasteiger partial charge in [-0.25, -0.2) is 13.5 Å². The first kappa shape index (κ1) is 22.9. The van der Waals surface area contributed by atoms with Gasteiger partial charge in [-0.2, -0.15) is 5.10 Å². The van der Waals surface area contributed by atoms with E-state index in [-0.39, 0.29) is 24.2 Å². The Morgan fingerprint density at radius 2 is 2.09 bits per heavy atom. The minimum atomic E-state index is -0.815. The molecule has 0 saturated carbocycles. The van der Waals surface area contributed by atoms with E-state index in [2.05, 4.69) is 10.4 Å². The van der Waals surface area contributed by atoms with Crippen LogP contribution in [-0.2, 0) is 16.0 Å². The summed E-state index contributed by atoms with van der Waals surface area (Å²) in [6.45, 7) is 5.00. The SMILES string of the molecule is Cc1cccc(-n2nc(C)c(CCC(=O)NCC3CCCO3)c2Oc2ccc(F)cc2F)c1. The number of hydrogen-bond acceptors (Lipinski definition) is 4. The van der Waals surface area contributed by atoms with Crippen LogP contribution in [0.25, 0.3) is 5.69 Å². The van der Waals surface area contributed by atoms with Crippen molar-refractivity contribution in [2.75, 3.05) is 13.2 Å². The Hall–Kier alpha value is -3.26. The summed E-state index contributed by atoms with van der Waals surface area (Å²) >= 11 is 0. The van der Waals surface area contributed by atoms with Gasteiger partial charge in [-0.3, -0.25) is 4.79 Å². The molecule has 1 unspecified atom stereocenters. The summed E-state index contributed by atoms with van der Waals surface area (Å²) in [5, 5.41) is 7.51. The van der Waals surface area contributed by atoms with E-state index in [4.69, 9.17) is 9.47 Å². The van der Waals surface area contributed by atoms with Gasteiger partial charge >= 0.3 is 0 Å². The van der Waals surface area contributed by atoms with Gasteiger partial charge in [-0.15, -0.1) is 0 Å². The molecule has 1 saturated heterocycles. The molecule has 1 amide bonds. The van der Waals surface area contributed by atoms with Gasteiger partial charge < -0.3 is 14.8 Å². The number of hydrogen-bond donors (Lipinski definition) is 1. The number of aryl methyl sites for hydroxylation is 2. The number of nitrogens with one attached hydrogen (secondary N) is 1. The Balaban J connectivity index is 1.59. The lowest BCUT2D eigenvalue weighted by molar-refractivity contribution is -0.121. The standard InChI is InChI=1S/C25H27F2N3O3/c1-16-5-3-6-19(13-16)30-25(33-23-10-8-18(26)14-22(23)27)21(17(2)29-30)9-11-24(31)28-15-20-7-4-12-32-20/h3,5-6,8,10,13-14,20H,4,7,9,11-12,15H2,1-2H3,(H,28,31). The predicted octanol–water partition coefficient (Wildman–Crippen LogP) is 4.79. The molecule has 2 aromatic carbocycles. The summed E-state index contributed by atoms with van der Waals surface area (Å²) in [7, 11) is 0. The van der Waals surface area contributed by atoms with E-state index >= 15 is 0 Å². The lowest BCUT2D eigenvalue weighted by Gasteiger charge is -2.13. The Bertz CT molecular complexity index is 1140. The van der Waals surface area contributed by atoms with Gasteiger partial charge in [0.2, 0.25) is 11.8 Å². The zero-order valence-electron chi connectivity index (χ0n) is 18.7. The van der Waals surface area contributed by atoms with Gasteiger partial charge in [0.15, 0.2) is 11.6 Å². The van der Waals surface area contributed by atoms with Gasteiger partial charge in [0.05, 0.1) is 17.5 Å². The van der Waals surface area contributed by atoms with Crippen LogP contribution < -0.4 is 10.1 Å². The van der Waals surface area contributed by atoms with Crippen LogP contribution in [0.2, 0.25) is 0 Å². The van der Waals surface area contributed by atoms with Crippen molar-refractivity contribution in [2.24, 2.45) is 0 Å². The predicted molar refractivity (Wildman–Crippen MR) is 120 cm³/mol. The van der Waals surface area contributed by atoms with Crippen molar-refractivity contribution in [1.29, 1.82) is 0 Å². The molecule has 174 valence electrons. The lowest BCUT2D eigenvalue weighted by atomic mass is 10.1. The third-order valence-electron chi connectivity index (χ3n) is 5.64. The minimum absolute atomic E-state index is 0.0695. The molecular formula is C25H27F2N3O3. The highest BCUT2D eigenvalue weighted by atomic mass is 19.1. The number of amides is 1. The molecule has 0 radical (unpaired) electrons. The van der Waals surface area contributed by atoms with Gasteiger partial charge in [0.25, 0.3) is 0 Å². The maximum atomic E-state index is 14.4. The molecule has 3 aromatic rings. The summed E-state index contributed by atoms with van der Waals surface area (Å²) in [5.74, 6) is -1.42. The zero-order valence-corrected chi connectivity index (χ0v) is 18.7. The van der Waals surface area contributed by atoms with Crippen molar-refractivity contribution in [2.45, 2.75) is 45.6 Å². The van der Waals surface area contributed by atoms with Crippen LogP contribution >= 0.6 is 0 Å². The first-order valence-electron chi connectivity index (χ1n) is 11.1. The molecule has 8 heteroatoms. The summed E-state index contributed by atoms with van der Waals surface area (Å²) in [5.41, 5.74) is 3.12. The van der Waals surface area contributed by atoms with Crippen molar-refractivity contribution in [3.05, 3.63) is 70.9 Å². The van der Waals surface area contributed by atoms with Crippen LogP contribution in [0.3, 0.4) is 0 Å². The molecule has 0 bridgehead atoms. The highest BCUT2D eigenvalue weighted by Gasteiger charge is 2.22. The smallest absolute Gasteiger partial charge is 0.226 e. The second-order valence-corrected chi connectivity index (χ2v) is 8.24. The minimum Gasteiger partial charge on any atom is -0.436 e. The van der Waals surface area contributed by atoms with Gasteiger partial charge in [0, 0.05) is 31.2 Å². The third-order valence-corrected chi connectivity index (χ3v) is 5.64. The second-order valence-electron chi connectivity index (χ2n) is 8.24. The molecule has 4 rings (SSSR count). The largest absolute Gasteiger partial charge is 0.436 e. The van der Waals surface area contributed by atoms with Crippen LogP contribution in [0.4, 0.5) is 8.78 Å². The average Bonchev–Trinajstić information content (AvgIpc) is 3.41. The van der Waals surface area contributed by atoms with Crippen molar-refractivity contribution < 1.29 is 23.0 Å². The topological polar surface area (TPSA) is 65.4 Å². The summed E-state index contributed by atoms with van der Waals surface area (Å²) in [6.07, 6.45) is 2.60. The Morgan fingerprint density at radius 1 is 1.24 bits per heavy atom. The number of aromatic nitrogens is 2. The van der Waals surface area contributed by atoms with Crippen molar-refractivity contribution in [3.63, 3.8) is 0 Å². The third kappa shape index (κ3) is 5.57. The number of halogens is 2. The molecule has 1 atom stereocenters. The van der Waals surface area contributed by atoms with Crippen LogP contribution in [0.5, 0.6) is 11.6 Å². The fraction of sp³-hybridized carbons (Fsp3) is 0.360. The first-order chi connectivity index (χ1) is 15.9. The molecule has 1 aromatic heterocycles. The number of carbonyl (C=O) groups excluding carboxylic acids is 1. The highest BCUT2D eigenvalue weighted by molar-refractivity contribution is 5.76. The number of nitrogens with zero attached hydrogens (tertiary/aromatic N) is 2. The Kier molecular flexibility index (Phi) is 7.03. The van der Waals surface area contributed by atoms with E-state index in [0.29, 0.717) is 30.1 Å². The monoisotopic (exact) mass is 455 g/mol. The van der Waals surface area contributed by atoms with Crippen molar-refractivity contribution >= 4 is 5.91 Å². The number of benzene rings is 2. The first-order valence-corrected chi connectivity index (χ1v) is 11.1. The fourth-order valence-electron chi connectivity index (χ4n) is 3.89. The molecular weight excluding hydrogens is 428 g/mol. The van der Waals surface area contributed by atoms with E-state index in [1.54, 1.807) is 4.68 Å². The lowest BCUT2D eigenvalue weighted by Crippen LogP contribution is -2.31. The Morgan fingerprint density at radius 3 is 2.82 bits per heavy atom. The van der Waals surface area contributed by atoms with Crippen LogP contribution in [-0.4, -0.2) is 34.9 Å². The summed E-state index contributed by atoms with van der Waals surface area (Å²) < 4.78 is 40.8. The molecule has 1 aliphatic heterocycles. The second kappa shape index (κ2) is 10.1. The van der Waals surface area contributed by atoms with E-state index in [0.717, 1.165) is 42.8 Å². The van der Waals surface area contributed by atoms with Crippen LogP contribution in [0.1, 0.15) is 36.1 Å². The van der Waals surface area contributed by atoms with Gasteiger partial charge in [-0.05, 0) is 62.9 Å². The molecule has 1 aliphatic rings. The summed E-state index contributed by atoms with van der Waals surface area (Å²) in [4.78, 5) is 12.4. The van der Waals surface area contributed by atoms with Crippen LogP contribution in [0.15, 0.2) is 42.5 Å². The fourth-order valence-corrected chi connectivity index (χ4v) is 3.89. The maximum Gasteiger partial charge on any atom is 0.226 e. The van der Waals surface area contributed by atoms with Gasteiger partial charge in [-0.1, -0.05) is 12.1 Å². The molecule has 6 nitrogen and oxygen atoms in total. The normalized spacial score (nSPS) is 15.6. The number of carbonyl (C=O) groups is 1. The zero-order chi connectivity index (χ0) is 23.4. The number of ether oxygens (including phenoxy) is 2. The average molecular weight is 456 g/mol. The molecule has 33 heavy (non-hydrogen) atoms. The van der Waals surface area contributed by atoms with Crippen molar-refractivity contribution in [1.82, 2.24) is 15.1 Å². The molecule has 0 aliphatic carbocycles. The molecule has 1 fully saturated rings. The highest BCUT2D eigenvalue weighted by Crippen LogP contribution is 2.33. The van der Waals surface area contributed by atoms with E-state index in [1.807, 2.05) is 38.1 Å². The van der Waals surface area contributed by atoms with E-state index < -0.39 is 11.6 Å². The van der Waals surface area contributed by atoms with E-state index in [9.17, 15) is 13.6 Å². The van der Waals surface area contributed by atoms with E-state index in [1.165, 1.54) is 6.07 Å².